The van der Waals surface area contributed by atoms with Crippen LogP contribution >= 0.6 is 0 Å². The zero-order valence-corrected chi connectivity index (χ0v) is 12.1. The highest BCUT2D eigenvalue weighted by molar-refractivity contribution is 5.95. The smallest absolute Gasteiger partial charge is 0.313 e. The summed E-state index contributed by atoms with van der Waals surface area (Å²) < 4.78 is 5.55. The van der Waals surface area contributed by atoms with Crippen LogP contribution in [0.2, 0.25) is 0 Å². The molecule has 3 atom stereocenters. The summed E-state index contributed by atoms with van der Waals surface area (Å²) in [5.74, 6) is 1.20. The van der Waals surface area contributed by atoms with Crippen LogP contribution in [-0.2, 0) is 14.3 Å². The van der Waals surface area contributed by atoms with Crippen LogP contribution in [0.15, 0.2) is 0 Å². The van der Waals surface area contributed by atoms with E-state index in [1.165, 1.54) is 6.42 Å². The van der Waals surface area contributed by atoms with Gasteiger partial charge in [-0.3, -0.25) is 9.59 Å². The van der Waals surface area contributed by atoms with E-state index in [0.717, 1.165) is 12.8 Å². The molecule has 0 saturated heterocycles. The normalized spacial score (nSPS) is 28.2. The van der Waals surface area contributed by atoms with E-state index >= 15 is 0 Å². The van der Waals surface area contributed by atoms with E-state index in [4.69, 9.17) is 4.74 Å². The molecule has 3 nitrogen and oxygen atoms in total. The molecule has 0 aliphatic heterocycles. The average Bonchev–Trinajstić information content (AvgIpc) is 2.28. The Labute approximate surface area is 110 Å². The number of ether oxygens (including phenoxy) is 1. The molecule has 0 aromatic carbocycles. The monoisotopic (exact) mass is 254 g/mol. The van der Waals surface area contributed by atoms with Crippen LogP contribution in [0.25, 0.3) is 0 Å². The van der Waals surface area contributed by atoms with Gasteiger partial charge in [-0.15, -0.1) is 0 Å². The van der Waals surface area contributed by atoms with Crippen LogP contribution in [0.5, 0.6) is 0 Å². The molecule has 0 unspecified atom stereocenters. The van der Waals surface area contributed by atoms with Crippen molar-refractivity contribution >= 4 is 11.8 Å². The largest absolute Gasteiger partial charge is 0.462 e. The van der Waals surface area contributed by atoms with Crippen LogP contribution in [0, 0.1) is 17.8 Å². The van der Waals surface area contributed by atoms with Gasteiger partial charge >= 0.3 is 5.97 Å². The lowest BCUT2D eigenvalue weighted by Crippen LogP contribution is -2.36. The number of carbonyl (C=O) groups excluding carboxylic acids is 2. The minimum atomic E-state index is -0.341. The number of esters is 1. The van der Waals surface area contributed by atoms with Gasteiger partial charge in [-0.2, -0.15) is 0 Å². The number of hydrogen-bond donors (Lipinski definition) is 0. The zero-order chi connectivity index (χ0) is 13.7. The Morgan fingerprint density at radius 2 is 1.94 bits per heavy atom. The van der Waals surface area contributed by atoms with Gasteiger partial charge in [-0.05, 0) is 30.6 Å². The average molecular weight is 254 g/mol. The second-order valence-electron chi connectivity index (χ2n) is 5.92. The van der Waals surface area contributed by atoms with Crippen molar-refractivity contribution in [2.24, 2.45) is 17.8 Å². The molecule has 18 heavy (non-hydrogen) atoms. The lowest BCUT2D eigenvalue weighted by molar-refractivity contribution is -0.157. The molecule has 1 fully saturated rings. The van der Waals surface area contributed by atoms with Crippen LogP contribution in [0.4, 0.5) is 0 Å². The maximum Gasteiger partial charge on any atom is 0.313 e. The summed E-state index contributed by atoms with van der Waals surface area (Å²) in [4.78, 5) is 23.0. The zero-order valence-electron chi connectivity index (χ0n) is 12.1. The number of Topliss-reactive ketones (excluding diaryl/α,β-unsaturated/α-hetero) is 1. The van der Waals surface area contributed by atoms with Crippen molar-refractivity contribution in [3.05, 3.63) is 0 Å². The summed E-state index contributed by atoms with van der Waals surface area (Å²) in [6.07, 6.45) is 3.62. The van der Waals surface area contributed by atoms with Crippen molar-refractivity contribution in [1.29, 1.82) is 0 Å². The standard InChI is InChI=1S/C15H26O3/c1-5-12(16)9-15(17)18-14-8-11(4)6-7-13(14)10(2)3/h10-11,13-14H,5-9H2,1-4H3/t11-,13+,14-/m1/s1. The first kappa shape index (κ1) is 15.2. The number of hydrogen-bond acceptors (Lipinski definition) is 3. The van der Waals surface area contributed by atoms with E-state index in [2.05, 4.69) is 20.8 Å². The number of carbonyl (C=O) groups is 2. The van der Waals surface area contributed by atoms with E-state index in [-0.39, 0.29) is 24.3 Å². The summed E-state index contributed by atoms with van der Waals surface area (Å²) in [5.41, 5.74) is 0. The van der Waals surface area contributed by atoms with Crippen molar-refractivity contribution in [2.45, 2.75) is 65.9 Å². The predicted octanol–water partition coefficient (Wildman–Crippen LogP) is 3.36. The third-order valence-corrected chi connectivity index (χ3v) is 3.98. The molecular formula is C15H26O3. The van der Waals surface area contributed by atoms with Gasteiger partial charge in [0.1, 0.15) is 18.3 Å². The van der Waals surface area contributed by atoms with Gasteiger partial charge in [0.2, 0.25) is 0 Å². The highest BCUT2D eigenvalue weighted by Crippen LogP contribution is 2.35. The van der Waals surface area contributed by atoms with E-state index in [1.807, 2.05) is 0 Å². The fourth-order valence-corrected chi connectivity index (χ4v) is 2.75. The quantitative estimate of drug-likeness (QED) is 0.558. The Balaban J connectivity index is 2.55. The Bertz CT molecular complexity index is 296. The number of rotatable bonds is 5. The van der Waals surface area contributed by atoms with Gasteiger partial charge in [-0.25, -0.2) is 0 Å². The molecule has 1 aliphatic rings. The first-order chi connectivity index (χ1) is 8.43. The Kier molecular flexibility index (Phi) is 5.83. The fourth-order valence-electron chi connectivity index (χ4n) is 2.75. The molecule has 0 bridgehead atoms. The maximum absolute atomic E-state index is 11.7. The van der Waals surface area contributed by atoms with Gasteiger partial charge in [0, 0.05) is 6.42 Å². The first-order valence-electron chi connectivity index (χ1n) is 7.15. The molecule has 0 aromatic rings. The number of ketones is 1. The Morgan fingerprint density at radius 1 is 1.28 bits per heavy atom. The van der Waals surface area contributed by atoms with E-state index in [0.29, 0.717) is 24.2 Å². The van der Waals surface area contributed by atoms with Crippen molar-refractivity contribution in [2.75, 3.05) is 0 Å². The van der Waals surface area contributed by atoms with E-state index < -0.39 is 0 Å². The molecule has 0 aromatic heterocycles. The SMILES string of the molecule is CCC(=O)CC(=O)O[C@@H]1C[C@H](C)CC[C@H]1C(C)C. The molecule has 0 amide bonds. The van der Waals surface area contributed by atoms with Gasteiger partial charge in [0.25, 0.3) is 0 Å². The summed E-state index contributed by atoms with van der Waals surface area (Å²) in [7, 11) is 0. The van der Waals surface area contributed by atoms with Crippen LogP contribution in [0.3, 0.4) is 0 Å². The Morgan fingerprint density at radius 3 is 2.50 bits per heavy atom. The third-order valence-electron chi connectivity index (χ3n) is 3.98. The lowest BCUT2D eigenvalue weighted by Gasteiger charge is -2.36. The molecule has 1 aliphatic carbocycles. The van der Waals surface area contributed by atoms with Crippen molar-refractivity contribution in [1.82, 2.24) is 0 Å². The van der Waals surface area contributed by atoms with E-state index in [9.17, 15) is 9.59 Å². The maximum atomic E-state index is 11.7. The van der Waals surface area contributed by atoms with Gasteiger partial charge in [-0.1, -0.05) is 34.1 Å². The second-order valence-corrected chi connectivity index (χ2v) is 5.92. The van der Waals surface area contributed by atoms with Gasteiger partial charge in [0.05, 0.1) is 0 Å². The Hall–Kier alpha value is -0.860. The molecule has 1 rings (SSSR count). The highest BCUT2D eigenvalue weighted by Gasteiger charge is 2.33. The van der Waals surface area contributed by atoms with Crippen LogP contribution < -0.4 is 0 Å². The fraction of sp³-hybridized carbons (Fsp3) is 0.867. The topological polar surface area (TPSA) is 43.4 Å². The predicted molar refractivity (Wildman–Crippen MR) is 71.1 cm³/mol. The molecule has 104 valence electrons. The lowest BCUT2D eigenvalue weighted by atomic mass is 9.75. The summed E-state index contributed by atoms with van der Waals surface area (Å²) in [6, 6.07) is 0. The molecule has 0 radical (unpaired) electrons. The molecule has 0 heterocycles. The summed E-state index contributed by atoms with van der Waals surface area (Å²) in [6.45, 7) is 8.33. The van der Waals surface area contributed by atoms with Crippen molar-refractivity contribution in [3.8, 4) is 0 Å². The molecule has 0 spiro atoms. The second kappa shape index (κ2) is 6.91. The highest BCUT2D eigenvalue weighted by atomic mass is 16.5. The van der Waals surface area contributed by atoms with Crippen molar-refractivity contribution < 1.29 is 14.3 Å². The molecular weight excluding hydrogens is 228 g/mol. The molecule has 1 saturated carbocycles. The first-order valence-corrected chi connectivity index (χ1v) is 7.15. The minimum absolute atomic E-state index is 0.00547. The molecule has 0 N–H and O–H groups in total. The van der Waals surface area contributed by atoms with Crippen molar-refractivity contribution in [3.63, 3.8) is 0 Å². The summed E-state index contributed by atoms with van der Waals surface area (Å²) >= 11 is 0. The van der Waals surface area contributed by atoms with Gasteiger partial charge < -0.3 is 4.74 Å². The molecule has 3 heteroatoms. The third kappa shape index (κ3) is 4.43. The summed E-state index contributed by atoms with van der Waals surface area (Å²) in [5, 5.41) is 0. The van der Waals surface area contributed by atoms with Crippen LogP contribution in [0.1, 0.15) is 59.8 Å². The van der Waals surface area contributed by atoms with Gasteiger partial charge in [0.15, 0.2) is 0 Å². The van der Waals surface area contributed by atoms with E-state index in [1.54, 1.807) is 6.92 Å². The van der Waals surface area contributed by atoms with Crippen LogP contribution in [-0.4, -0.2) is 17.9 Å². The minimum Gasteiger partial charge on any atom is -0.462 e.